The number of ketones is 1. The summed E-state index contributed by atoms with van der Waals surface area (Å²) in [6.07, 6.45) is -0.745. The summed E-state index contributed by atoms with van der Waals surface area (Å²) in [6.45, 7) is 5.16. The minimum absolute atomic E-state index is 0.00592. The molecule has 3 N–H and O–H groups in total. The van der Waals surface area contributed by atoms with Crippen LogP contribution in [-0.2, 0) is 9.53 Å². The Morgan fingerprint density at radius 2 is 1.96 bits per heavy atom. The highest BCUT2D eigenvalue weighted by Gasteiger charge is 2.28. The third-order valence-corrected chi connectivity index (χ3v) is 4.06. The van der Waals surface area contributed by atoms with E-state index < -0.39 is 30.1 Å². The maximum Gasteiger partial charge on any atom is 0.342 e. The summed E-state index contributed by atoms with van der Waals surface area (Å²) in [4.78, 5) is 24.6. The number of hydrogen-bond acceptors (Lipinski definition) is 7. The molecule has 1 aromatic carbocycles. The largest absolute Gasteiger partial charge is 0.507 e. The van der Waals surface area contributed by atoms with E-state index in [1.165, 1.54) is 31.4 Å². The van der Waals surface area contributed by atoms with E-state index in [4.69, 9.17) is 9.47 Å². The number of hydrogen-bond donors (Lipinski definition) is 3. The number of phenolic OH excluding ortho intramolecular Hbond substituents is 1. The fourth-order valence-corrected chi connectivity index (χ4v) is 2.67. The summed E-state index contributed by atoms with van der Waals surface area (Å²) in [5.74, 6) is -1.44. The first-order chi connectivity index (χ1) is 12.2. The molecule has 0 aromatic heterocycles. The minimum atomic E-state index is -1.62. The summed E-state index contributed by atoms with van der Waals surface area (Å²) >= 11 is 0. The lowest BCUT2D eigenvalue weighted by molar-refractivity contribution is -0.129. The van der Waals surface area contributed by atoms with E-state index >= 15 is 0 Å². The quantitative estimate of drug-likeness (QED) is 0.514. The third kappa shape index (κ3) is 4.30. The van der Waals surface area contributed by atoms with Crippen molar-refractivity contribution in [1.82, 2.24) is 0 Å². The zero-order chi connectivity index (χ0) is 19.4. The molecule has 0 unspecified atom stereocenters. The Morgan fingerprint density at radius 1 is 1.27 bits per heavy atom. The van der Waals surface area contributed by atoms with Crippen molar-refractivity contribution < 1.29 is 34.4 Å². The molecule has 0 saturated carbocycles. The van der Waals surface area contributed by atoms with Crippen molar-refractivity contribution in [3.05, 3.63) is 41.5 Å². The summed E-state index contributed by atoms with van der Waals surface area (Å²) in [6, 6.07) is 2.82. The lowest BCUT2D eigenvalue weighted by Gasteiger charge is -2.18. The number of phenols is 1. The van der Waals surface area contributed by atoms with Crippen molar-refractivity contribution in [2.24, 2.45) is 0 Å². The van der Waals surface area contributed by atoms with Crippen molar-refractivity contribution in [3.63, 3.8) is 0 Å². The molecule has 1 aromatic rings. The third-order valence-electron chi connectivity index (χ3n) is 4.06. The molecule has 0 saturated heterocycles. The van der Waals surface area contributed by atoms with Gasteiger partial charge in [-0.05, 0) is 30.5 Å². The highest BCUT2D eigenvalue weighted by molar-refractivity contribution is 5.99. The topological polar surface area (TPSA) is 113 Å². The molecule has 1 heterocycles. The highest BCUT2D eigenvalue weighted by atomic mass is 16.5. The van der Waals surface area contributed by atoms with E-state index in [1.807, 2.05) is 0 Å². The van der Waals surface area contributed by atoms with Gasteiger partial charge in [0.15, 0.2) is 5.78 Å². The van der Waals surface area contributed by atoms with Crippen molar-refractivity contribution in [2.75, 3.05) is 7.11 Å². The Hall–Kier alpha value is -2.64. The second-order valence-corrected chi connectivity index (χ2v) is 6.15. The first-order valence-electron chi connectivity index (χ1n) is 8.11. The molecule has 0 aliphatic carbocycles. The van der Waals surface area contributed by atoms with Crippen LogP contribution < -0.4 is 4.74 Å². The number of methoxy groups -OCH3 is 1. The van der Waals surface area contributed by atoms with Crippen LogP contribution in [-0.4, -0.2) is 52.5 Å². The second-order valence-electron chi connectivity index (χ2n) is 6.15. The number of esters is 1. The van der Waals surface area contributed by atoms with Crippen LogP contribution in [0.1, 0.15) is 35.7 Å². The van der Waals surface area contributed by atoms with E-state index in [2.05, 4.69) is 6.58 Å². The molecular weight excluding hydrogens is 340 g/mol. The second kappa shape index (κ2) is 8.16. The van der Waals surface area contributed by atoms with E-state index in [0.29, 0.717) is 11.3 Å². The number of aromatic hydroxyl groups is 1. The maximum atomic E-state index is 12.5. The number of cyclic esters (lactones) is 1. The average Bonchev–Trinajstić information content (AvgIpc) is 2.58. The molecular formula is C19H22O7. The van der Waals surface area contributed by atoms with Gasteiger partial charge in [0, 0.05) is 12.5 Å². The smallest absolute Gasteiger partial charge is 0.342 e. The molecule has 140 valence electrons. The Kier molecular flexibility index (Phi) is 6.18. The Bertz CT molecular complexity index is 750. The Labute approximate surface area is 151 Å². The molecule has 26 heavy (non-hydrogen) atoms. The fourth-order valence-electron chi connectivity index (χ4n) is 2.67. The van der Waals surface area contributed by atoms with Gasteiger partial charge in [0.1, 0.15) is 29.3 Å². The first kappa shape index (κ1) is 19.7. The molecule has 1 aliphatic rings. The highest BCUT2D eigenvalue weighted by Crippen LogP contribution is 2.30. The van der Waals surface area contributed by atoms with Crippen molar-refractivity contribution in [1.29, 1.82) is 0 Å². The van der Waals surface area contributed by atoms with Gasteiger partial charge in [-0.1, -0.05) is 18.7 Å². The molecule has 0 radical (unpaired) electrons. The molecule has 1 aliphatic heterocycles. The summed E-state index contributed by atoms with van der Waals surface area (Å²) in [5.41, 5.74) is 0.310. The van der Waals surface area contributed by atoms with Crippen molar-refractivity contribution in [3.8, 4) is 11.5 Å². The van der Waals surface area contributed by atoms with Gasteiger partial charge in [-0.25, -0.2) is 4.79 Å². The Morgan fingerprint density at radius 3 is 2.62 bits per heavy atom. The monoisotopic (exact) mass is 362 g/mol. The van der Waals surface area contributed by atoms with Crippen LogP contribution in [0.2, 0.25) is 0 Å². The Balaban J connectivity index is 2.48. The summed E-state index contributed by atoms with van der Waals surface area (Å²) in [7, 11) is 1.42. The number of Topliss-reactive ketones (excluding diaryl/α,β-unsaturated/α-hetero) is 1. The van der Waals surface area contributed by atoms with Gasteiger partial charge in [-0.15, -0.1) is 0 Å². The van der Waals surface area contributed by atoms with Gasteiger partial charge < -0.3 is 24.8 Å². The van der Waals surface area contributed by atoms with Gasteiger partial charge in [-0.3, -0.25) is 4.79 Å². The van der Waals surface area contributed by atoms with Crippen LogP contribution in [0.4, 0.5) is 0 Å². The molecule has 0 bridgehead atoms. The molecule has 7 heteroatoms. The van der Waals surface area contributed by atoms with Crippen LogP contribution >= 0.6 is 0 Å². The summed E-state index contributed by atoms with van der Waals surface area (Å²) < 4.78 is 10.4. The molecule has 2 rings (SSSR count). The summed E-state index contributed by atoms with van der Waals surface area (Å²) in [5, 5.41) is 30.2. The molecule has 0 fully saturated rings. The number of ether oxygens (including phenoxy) is 2. The van der Waals surface area contributed by atoms with E-state index in [1.54, 1.807) is 6.92 Å². The SMILES string of the molecule is C=C1C[C@H](C)OC(=O)c2c(O)cc(OC)cc2/C=C/C[C@@H](O)[C@H](O)C1=O. The number of aliphatic hydroxyl groups excluding tert-OH is 2. The number of carbonyl (C=O) groups is 2. The molecule has 7 nitrogen and oxygen atoms in total. The molecule has 0 amide bonds. The number of aliphatic hydroxyl groups is 2. The molecule has 3 atom stereocenters. The number of carbonyl (C=O) groups excluding carboxylic acids is 2. The van der Waals surface area contributed by atoms with Crippen LogP contribution in [0.5, 0.6) is 11.5 Å². The van der Waals surface area contributed by atoms with Crippen molar-refractivity contribution in [2.45, 2.75) is 38.1 Å². The predicted molar refractivity (Wildman–Crippen MR) is 94.0 cm³/mol. The van der Waals surface area contributed by atoms with Gasteiger partial charge >= 0.3 is 5.97 Å². The average molecular weight is 362 g/mol. The maximum absolute atomic E-state index is 12.5. The van der Waals surface area contributed by atoms with E-state index in [9.17, 15) is 24.9 Å². The normalized spacial score (nSPS) is 26.0. The molecule has 0 spiro atoms. The van der Waals surface area contributed by atoms with Crippen molar-refractivity contribution >= 4 is 17.8 Å². The lowest BCUT2D eigenvalue weighted by atomic mass is 9.97. The zero-order valence-electron chi connectivity index (χ0n) is 14.6. The van der Waals surface area contributed by atoms with Gasteiger partial charge in [0.05, 0.1) is 13.2 Å². The van der Waals surface area contributed by atoms with E-state index in [0.717, 1.165) is 0 Å². The van der Waals surface area contributed by atoms with E-state index in [-0.39, 0.29) is 29.7 Å². The van der Waals surface area contributed by atoms with Crippen LogP contribution in [0.3, 0.4) is 0 Å². The standard InChI is InChI=1S/C19H22O7/c1-10-7-11(2)26-19(24)16-12(8-13(25-3)9-15(16)21)5-4-6-14(20)18(23)17(10)22/h4-5,8-9,11,14,18,20-21,23H,1,6-7H2,2-3H3/b5-4+/t11-,14+,18-/m0/s1. The fraction of sp³-hybridized carbons (Fsp3) is 0.368. The van der Waals surface area contributed by atoms with Gasteiger partial charge in [0.2, 0.25) is 0 Å². The minimum Gasteiger partial charge on any atom is -0.507 e. The van der Waals surface area contributed by atoms with Crippen LogP contribution in [0.25, 0.3) is 6.08 Å². The first-order valence-corrected chi connectivity index (χ1v) is 8.11. The van der Waals surface area contributed by atoms with Crippen LogP contribution in [0.15, 0.2) is 30.4 Å². The van der Waals surface area contributed by atoms with Gasteiger partial charge in [-0.2, -0.15) is 0 Å². The van der Waals surface area contributed by atoms with Crippen LogP contribution in [0, 0.1) is 0 Å². The number of rotatable bonds is 1. The number of fused-ring (bicyclic) bond motifs is 1. The zero-order valence-corrected chi connectivity index (χ0v) is 14.6. The predicted octanol–water partition coefficient (Wildman–Crippen LogP) is 1.60. The lowest BCUT2D eigenvalue weighted by Crippen LogP contribution is -2.35. The number of benzene rings is 1. The van der Waals surface area contributed by atoms with Gasteiger partial charge in [0.25, 0.3) is 0 Å².